The summed E-state index contributed by atoms with van der Waals surface area (Å²) in [7, 11) is 0.286. The number of hydrogen-bond donors (Lipinski definition) is 2. The van der Waals surface area contributed by atoms with Crippen LogP contribution in [0.4, 0.5) is 10.5 Å². The van der Waals surface area contributed by atoms with E-state index >= 15 is 0 Å². The van der Waals surface area contributed by atoms with E-state index in [9.17, 15) is 18.0 Å². The molecule has 1 aromatic carbocycles. The minimum atomic E-state index is -3.81. The number of urea groups is 1. The zero-order valence-corrected chi connectivity index (χ0v) is 20.6. The molecule has 0 radical (unpaired) electrons. The zero-order valence-electron chi connectivity index (χ0n) is 19.8. The second kappa shape index (κ2) is 10.0. The van der Waals surface area contributed by atoms with Gasteiger partial charge in [-0.2, -0.15) is 0 Å². The molecule has 0 unspecified atom stereocenters. The molecular weight excluding hydrogens is 440 g/mol. The van der Waals surface area contributed by atoms with Gasteiger partial charge in [0.2, 0.25) is 15.9 Å². The molecule has 0 atom stereocenters. The number of sulfonamides is 1. The quantitative estimate of drug-likeness (QED) is 0.630. The average molecular weight is 477 g/mol. The van der Waals surface area contributed by atoms with Crippen molar-refractivity contribution in [3.05, 3.63) is 28.3 Å². The number of nitrogens with zero attached hydrogens (tertiary/aromatic N) is 2. The molecular formula is C24H36N4O4S. The summed E-state index contributed by atoms with van der Waals surface area (Å²) in [5.41, 5.74) is 5.70. The number of piperidine rings is 1. The zero-order chi connectivity index (χ0) is 23.6. The first-order valence-electron chi connectivity index (χ1n) is 12.2. The van der Waals surface area contributed by atoms with Crippen molar-refractivity contribution in [1.82, 2.24) is 14.5 Å². The van der Waals surface area contributed by atoms with Crippen LogP contribution in [0.15, 0.2) is 6.07 Å². The minimum absolute atomic E-state index is 0.0118. The van der Waals surface area contributed by atoms with E-state index in [-0.39, 0.29) is 24.5 Å². The highest BCUT2D eigenvalue weighted by molar-refractivity contribution is 7.90. The van der Waals surface area contributed by atoms with Gasteiger partial charge in [-0.1, -0.05) is 6.07 Å². The first-order chi connectivity index (χ1) is 15.7. The van der Waals surface area contributed by atoms with E-state index in [0.29, 0.717) is 19.1 Å². The summed E-state index contributed by atoms with van der Waals surface area (Å²) in [6, 6.07) is 2.05. The summed E-state index contributed by atoms with van der Waals surface area (Å²) in [5, 5.41) is 2.85. The van der Waals surface area contributed by atoms with Crippen molar-refractivity contribution in [2.75, 3.05) is 38.3 Å². The standard InChI is InChI=1S/C24H36N4O4S/c1-27(2)19-11-13-28(14-12-19)22(29)10-5-15-33(31,32)26-24(30)25-23-20-8-3-6-17(20)16-18-7-4-9-21(18)23/h16,19H,3-15H2,1-2H3,(H2,25,26,30). The normalized spacial score (nSPS) is 18.3. The Hall–Kier alpha value is -2.13. The van der Waals surface area contributed by atoms with Crippen molar-refractivity contribution in [1.29, 1.82) is 0 Å². The van der Waals surface area contributed by atoms with Gasteiger partial charge in [0, 0.05) is 31.2 Å². The maximum absolute atomic E-state index is 12.6. The van der Waals surface area contributed by atoms with Crippen molar-refractivity contribution >= 4 is 27.6 Å². The molecule has 1 aliphatic heterocycles. The van der Waals surface area contributed by atoms with Crippen LogP contribution in [0.25, 0.3) is 0 Å². The van der Waals surface area contributed by atoms with E-state index in [0.717, 1.165) is 68.2 Å². The van der Waals surface area contributed by atoms with Crippen LogP contribution >= 0.6 is 0 Å². The SMILES string of the molecule is CN(C)C1CCN(C(=O)CCCS(=O)(=O)NC(=O)Nc2c3c(cc4c2CCC4)CCC3)CC1. The average Bonchev–Trinajstić information content (AvgIpc) is 3.42. The number of likely N-dealkylation sites (tertiary alicyclic amines) is 1. The summed E-state index contributed by atoms with van der Waals surface area (Å²) in [5.74, 6) is -0.257. The maximum Gasteiger partial charge on any atom is 0.332 e. The maximum atomic E-state index is 12.6. The summed E-state index contributed by atoms with van der Waals surface area (Å²) >= 11 is 0. The molecule has 4 rings (SSSR count). The highest BCUT2D eigenvalue weighted by Crippen LogP contribution is 2.38. The number of amides is 3. The van der Waals surface area contributed by atoms with Crippen LogP contribution in [0.3, 0.4) is 0 Å². The fourth-order valence-electron chi connectivity index (χ4n) is 5.50. The lowest BCUT2D eigenvalue weighted by molar-refractivity contribution is -0.132. The molecule has 1 fully saturated rings. The van der Waals surface area contributed by atoms with E-state index in [2.05, 4.69) is 35.1 Å². The molecule has 9 heteroatoms. The molecule has 3 aliphatic rings. The predicted molar refractivity (Wildman–Crippen MR) is 129 cm³/mol. The van der Waals surface area contributed by atoms with Gasteiger partial charge in [0.05, 0.1) is 5.75 Å². The highest BCUT2D eigenvalue weighted by atomic mass is 32.2. The molecule has 0 aromatic heterocycles. The van der Waals surface area contributed by atoms with Crippen LogP contribution in [0.1, 0.15) is 60.8 Å². The lowest BCUT2D eigenvalue weighted by Gasteiger charge is -2.35. The third kappa shape index (κ3) is 5.69. The lowest BCUT2D eigenvalue weighted by Crippen LogP contribution is -2.44. The summed E-state index contributed by atoms with van der Waals surface area (Å²) in [6.07, 6.45) is 8.23. The summed E-state index contributed by atoms with van der Waals surface area (Å²) < 4.78 is 27.1. The van der Waals surface area contributed by atoms with Crippen LogP contribution < -0.4 is 10.0 Å². The van der Waals surface area contributed by atoms with Crippen LogP contribution in [-0.2, 0) is 40.5 Å². The first kappa shape index (κ1) is 24.0. The van der Waals surface area contributed by atoms with Crippen molar-refractivity contribution in [2.24, 2.45) is 0 Å². The first-order valence-corrected chi connectivity index (χ1v) is 13.8. The third-order valence-corrected chi connectivity index (χ3v) is 8.63. The molecule has 182 valence electrons. The third-order valence-electron chi connectivity index (χ3n) is 7.31. The Balaban J connectivity index is 1.27. The number of carbonyl (C=O) groups is 2. The molecule has 1 aromatic rings. The number of nitrogens with one attached hydrogen (secondary N) is 2. The minimum Gasteiger partial charge on any atom is -0.343 e. The molecule has 2 N–H and O–H groups in total. The monoisotopic (exact) mass is 476 g/mol. The number of carbonyl (C=O) groups excluding carboxylic acids is 2. The van der Waals surface area contributed by atoms with Crippen molar-refractivity contribution in [3.63, 3.8) is 0 Å². The van der Waals surface area contributed by atoms with Gasteiger partial charge < -0.3 is 15.1 Å². The number of fused-ring (bicyclic) bond motifs is 2. The summed E-state index contributed by atoms with van der Waals surface area (Å²) in [6.45, 7) is 1.42. The van der Waals surface area contributed by atoms with Gasteiger partial charge in [-0.25, -0.2) is 17.9 Å². The predicted octanol–water partition coefficient (Wildman–Crippen LogP) is 2.45. The largest absolute Gasteiger partial charge is 0.343 e. The van der Waals surface area contributed by atoms with Gasteiger partial charge in [-0.05, 0) is 94.1 Å². The highest BCUT2D eigenvalue weighted by Gasteiger charge is 2.27. The van der Waals surface area contributed by atoms with Crippen LogP contribution in [0, 0.1) is 0 Å². The molecule has 0 spiro atoms. The van der Waals surface area contributed by atoms with Crippen LogP contribution in [0.5, 0.6) is 0 Å². The number of hydrogen-bond acceptors (Lipinski definition) is 5. The molecule has 1 saturated heterocycles. The molecule has 8 nitrogen and oxygen atoms in total. The lowest BCUT2D eigenvalue weighted by atomic mass is 9.99. The number of aryl methyl sites for hydroxylation is 2. The van der Waals surface area contributed by atoms with E-state index in [1.165, 1.54) is 11.1 Å². The number of anilines is 1. The van der Waals surface area contributed by atoms with Crippen molar-refractivity contribution in [2.45, 2.75) is 70.3 Å². The van der Waals surface area contributed by atoms with E-state index in [1.54, 1.807) is 0 Å². The van der Waals surface area contributed by atoms with Crippen molar-refractivity contribution in [3.8, 4) is 0 Å². The van der Waals surface area contributed by atoms with E-state index in [4.69, 9.17) is 0 Å². The van der Waals surface area contributed by atoms with Gasteiger partial charge in [0.1, 0.15) is 0 Å². The molecule has 0 saturated carbocycles. The Morgan fingerprint density at radius 2 is 1.64 bits per heavy atom. The Labute approximate surface area is 197 Å². The van der Waals surface area contributed by atoms with Gasteiger partial charge in [0.15, 0.2) is 0 Å². The molecule has 2 aliphatic carbocycles. The Kier molecular flexibility index (Phi) is 7.28. The molecule has 0 bridgehead atoms. The molecule has 3 amide bonds. The topological polar surface area (TPSA) is 98.8 Å². The Morgan fingerprint density at radius 1 is 1.03 bits per heavy atom. The molecule has 33 heavy (non-hydrogen) atoms. The number of rotatable bonds is 7. The fraction of sp³-hybridized carbons (Fsp3) is 0.667. The Morgan fingerprint density at radius 3 is 2.21 bits per heavy atom. The van der Waals surface area contributed by atoms with Crippen LogP contribution in [-0.4, -0.2) is 69.1 Å². The second-order valence-corrected chi connectivity index (χ2v) is 11.6. The van der Waals surface area contributed by atoms with Gasteiger partial charge in [-0.15, -0.1) is 0 Å². The second-order valence-electron chi connectivity index (χ2n) is 9.79. The smallest absolute Gasteiger partial charge is 0.332 e. The Bertz CT molecular complexity index is 982. The summed E-state index contributed by atoms with van der Waals surface area (Å²) in [4.78, 5) is 29.0. The van der Waals surface area contributed by atoms with E-state index in [1.807, 2.05) is 4.90 Å². The van der Waals surface area contributed by atoms with Crippen LogP contribution in [0.2, 0.25) is 0 Å². The van der Waals surface area contributed by atoms with Gasteiger partial charge in [0.25, 0.3) is 0 Å². The molecule has 1 heterocycles. The van der Waals surface area contributed by atoms with Gasteiger partial charge in [-0.3, -0.25) is 4.79 Å². The number of benzene rings is 1. The van der Waals surface area contributed by atoms with E-state index < -0.39 is 16.1 Å². The fourth-order valence-corrected chi connectivity index (χ4v) is 6.46. The van der Waals surface area contributed by atoms with Gasteiger partial charge >= 0.3 is 6.03 Å². The van der Waals surface area contributed by atoms with Crippen molar-refractivity contribution < 1.29 is 18.0 Å².